The van der Waals surface area contributed by atoms with Crippen LogP contribution in [-0.2, 0) is 14.3 Å². The molecular weight excluding hydrogens is 294 g/mol. The number of hydrogen-bond donors (Lipinski definition) is 0. The minimum absolute atomic E-state index is 0.139. The third-order valence-corrected chi connectivity index (χ3v) is 4.47. The van der Waals surface area contributed by atoms with Gasteiger partial charge in [0, 0.05) is 13.1 Å². The second kappa shape index (κ2) is 6.03. The molecule has 2 fully saturated rings. The van der Waals surface area contributed by atoms with Gasteiger partial charge in [0.05, 0.1) is 5.41 Å². The van der Waals surface area contributed by atoms with Gasteiger partial charge in [-0.2, -0.15) is 0 Å². The largest absolute Gasteiger partial charge is 0.449 e. The molecule has 2 rings (SSSR count). The summed E-state index contributed by atoms with van der Waals surface area (Å²) in [5, 5.41) is 0. The molecular formula is C15H24ClNO4. The van der Waals surface area contributed by atoms with E-state index in [4.69, 9.17) is 21.1 Å². The Morgan fingerprint density at radius 3 is 2.67 bits per heavy atom. The number of rotatable bonds is 2. The van der Waals surface area contributed by atoms with E-state index in [2.05, 4.69) is 0 Å². The number of halogens is 1. The fourth-order valence-corrected chi connectivity index (χ4v) is 3.55. The molecule has 1 saturated carbocycles. The summed E-state index contributed by atoms with van der Waals surface area (Å²) in [7, 11) is 0. The zero-order chi connectivity index (χ0) is 15.7. The first-order chi connectivity index (χ1) is 9.78. The summed E-state index contributed by atoms with van der Waals surface area (Å²) in [5.74, 6) is -0.122. The molecule has 0 N–H and O–H groups in total. The van der Waals surface area contributed by atoms with Gasteiger partial charge in [0.1, 0.15) is 5.60 Å². The average molecular weight is 318 g/mol. The van der Waals surface area contributed by atoms with E-state index in [0.717, 1.165) is 25.7 Å². The highest BCUT2D eigenvalue weighted by Gasteiger charge is 2.55. The number of hydrogen-bond acceptors (Lipinski definition) is 4. The van der Waals surface area contributed by atoms with E-state index in [-0.39, 0.29) is 24.0 Å². The van der Waals surface area contributed by atoms with Crippen molar-refractivity contribution in [2.24, 2.45) is 11.3 Å². The first-order valence-corrected chi connectivity index (χ1v) is 8.03. The third-order valence-electron chi connectivity index (χ3n) is 4.36. The Balaban J connectivity index is 2.13. The Hall–Kier alpha value is -0.970. The molecule has 120 valence electrons. The number of nitrogens with zero attached hydrogens (tertiary/aromatic N) is 1. The lowest BCUT2D eigenvalue weighted by Gasteiger charge is -2.35. The molecule has 0 bridgehead atoms. The highest BCUT2D eigenvalue weighted by molar-refractivity contribution is 6.17. The molecule has 0 radical (unpaired) electrons. The van der Waals surface area contributed by atoms with Crippen LogP contribution in [0.2, 0.25) is 0 Å². The Morgan fingerprint density at radius 1 is 1.33 bits per heavy atom. The molecule has 0 aromatic carbocycles. The summed E-state index contributed by atoms with van der Waals surface area (Å²) in [6.07, 6.45) is 3.41. The molecule has 2 aliphatic rings. The molecule has 6 heteroatoms. The maximum absolute atomic E-state index is 12.4. The van der Waals surface area contributed by atoms with Gasteiger partial charge in [-0.1, -0.05) is 24.4 Å². The topological polar surface area (TPSA) is 55.8 Å². The van der Waals surface area contributed by atoms with E-state index in [1.807, 2.05) is 20.8 Å². The normalized spacial score (nSPS) is 29.0. The van der Waals surface area contributed by atoms with E-state index in [1.54, 1.807) is 4.90 Å². The van der Waals surface area contributed by atoms with Crippen LogP contribution in [0.3, 0.4) is 0 Å². The summed E-state index contributed by atoms with van der Waals surface area (Å²) >= 11 is 5.54. The number of fused-ring (bicyclic) bond motifs is 1. The van der Waals surface area contributed by atoms with E-state index < -0.39 is 11.0 Å². The van der Waals surface area contributed by atoms with E-state index in [1.165, 1.54) is 0 Å². The highest BCUT2D eigenvalue weighted by Crippen LogP contribution is 2.47. The van der Waals surface area contributed by atoms with Crippen molar-refractivity contribution in [1.82, 2.24) is 4.90 Å². The lowest BCUT2D eigenvalue weighted by molar-refractivity contribution is -0.157. The lowest BCUT2D eigenvalue weighted by atomic mass is 9.68. The summed E-state index contributed by atoms with van der Waals surface area (Å²) in [6.45, 7) is 6.46. The highest BCUT2D eigenvalue weighted by atomic mass is 35.5. The summed E-state index contributed by atoms with van der Waals surface area (Å²) in [6, 6.07) is -0.139. The predicted octanol–water partition coefficient (Wildman–Crippen LogP) is 3.15. The van der Waals surface area contributed by atoms with Crippen molar-refractivity contribution in [1.29, 1.82) is 0 Å². The average Bonchev–Trinajstić information content (AvgIpc) is 2.78. The fourth-order valence-electron chi connectivity index (χ4n) is 3.45. The fraction of sp³-hybridized carbons (Fsp3) is 0.867. The van der Waals surface area contributed by atoms with E-state index in [9.17, 15) is 9.59 Å². The molecule has 1 amide bonds. The third kappa shape index (κ3) is 3.44. The molecule has 1 aliphatic carbocycles. The Morgan fingerprint density at radius 2 is 2.05 bits per heavy atom. The monoisotopic (exact) mass is 317 g/mol. The zero-order valence-corrected chi connectivity index (χ0v) is 13.7. The van der Waals surface area contributed by atoms with Crippen LogP contribution in [0.15, 0.2) is 0 Å². The van der Waals surface area contributed by atoms with Gasteiger partial charge in [-0.15, -0.1) is 0 Å². The van der Waals surface area contributed by atoms with Crippen LogP contribution < -0.4 is 0 Å². The molecule has 2 atom stereocenters. The minimum Gasteiger partial charge on any atom is -0.449 e. The van der Waals surface area contributed by atoms with Crippen molar-refractivity contribution in [2.75, 3.05) is 19.2 Å². The molecule has 1 aliphatic heterocycles. The summed E-state index contributed by atoms with van der Waals surface area (Å²) in [4.78, 5) is 26.3. The van der Waals surface area contributed by atoms with Gasteiger partial charge in [0.15, 0.2) is 6.07 Å². The van der Waals surface area contributed by atoms with Crippen LogP contribution in [0.25, 0.3) is 0 Å². The number of ether oxygens (including phenoxy) is 2. The van der Waals surface area contributed by atoms with Crippen LogP contribution >= 0.6 is 11.6 Å². The first kappa shape index (κ1) is 16.4. The number of esters is 1. The minimum atomic E-state index is -0.593. The number of carbonyl (C=O) groups is 2. The van der Waals surface area contributed by atoms with Crippen LogP contribution in [0, 0.1) is 11.3 Å². The Labute approximate surface area is 130 Å². The smallest absolute Gasteiger partial charge is 0.410 e. The SMILES string of the molecule is CC(C)(C)OC(=O)N1CC2CCCCC2(C(=O)OCCl)C1. The van der Waals surface area contributed by atoms with E-state index >= 15 is 0 Å². The molecule has 0 aromatic rings. The lowest BCUT2D eigenvalue weighted by Crippen LogP contribution is -2.43. The molecule has 1 saturated heterocycles. The van der Waals surface area contributed by atoms with Crippen LogP contribution in [-0.4, -0.2) is 41.7 Å². The van der Waals surface area contributed by atoms with Crippen LogP contribution in [0.5, 0.6) is 0 Å². The van der Waals surface area contributed by atoms with Gasteiger partial charge in [-0.25, -0.2) is 4.79 Å². The van der Waals surface area contributed by atoms with Crippen molar-refractivity contribution >= 4 is 23.7 Å². The van der Waals surface area contributed by atoms with Crippen molar-refractivity contribution < 1.29 is 19.1 Å². The summed E-state index contributed by atoms with van der Waals surface area (Å²) in [5.41, 5.74) is -1.13. The van der Waals surface area contributed by atoms with Gasteiger partial charge in [0.2, 0.25) is 0 Å². The molecule has 0 aromatic heterocycles. The van der Waals surface area contributed by atoms with Crippen molar-refractivity contribution in [3.05, 3.63) is 0 Å². The molecule has 2 unspecified atom stereocenters. The van der Waals surface area contributed by atoms with Crippen LogP contribution in [0.1, 0.15) is 46.5 Å². The predicted molar refractivity (Wildman–Crippen MR) is 79.0 cm³/mol. The molecule has 21 heavy (non-hydrogen) atoms. The van der Waals surface area contributed by atoms with Crippen molar-refractivity contribution in [2.45, 2.75) is 52.1 Å². The zero-order valence-electron chi connectivity index (χ0n) is 13.0. The number of likely N-dealkylation sites (tertiary alicyclic amines) is 1. The maximum atomic E-state index is 12.4. The van der Waals surface area contributed by atoms with Gasteiger partial charge < -0.3 is 14.4 Å². The van der Waals surface area contributed by atoms with Gasteiger partial charge in [0.25, 0.3) is 0 Å². The van der Waals surface area contributed by atoms with E-state index in [0.29, 0.717) is 13.1 Å². The molecule has 5 nitrogen and oxygen atoms in total. The van der Waals surface area contributed by atoms with Gasteiger partial charge in [-0.3, -0.25) is 4.79 Å². The Bertz CT molecular complexity index is 420. The van der Waals surface area contributed by atoms with Crippen molar-refractivity contribution in [3.63, 3.8) is 0 Å². The number of carbonyl (C=O) groups excluding carboxylic acids is 2. The number of amides is 1. The molecule has 1 heterocycles. The summed E-state index contributed by atoms with van der Waals surface area (Å²) < 4.78 is 10.5. The van der Waals surface area contributed by atoms with Crippen LogP contribution in [0.4, 0.5) is 4.79 Å². The quantitative estimate of drug-likeness (QED) is 0.580. The standard InChI is InChI=1S/C15H24ClNO4/c1-14(2,3)21-13(19)17-8-11-6-4-5-7-15(11,9-17)12(18)20-10-16/h11H,4-10H2,1-3H3. The van der Waals surface area contributed by atoms with Crippen molar-refractivity contribution in [3.8, 4) is 0 Å². The maximum Gasteiger partial charge on any atom is 0.410 e. The number of alkyl halides is 1. The Kier molecular flexibility index (Phi) is 4.71. The second-order valence-electron chi connectivity index (χ2n) is 7.00. The molecule has 0 spiro atoms. The first-order valence-electron chi connectivity index (χ1n) is 7.49. The van der Waals surface area contributed by atoms with Gasteiger partial charge in [-0.05, 0) is 39.5 Å². The van der Waals surface area contributed by atoms with Gasteiger partial charge >= 0.3 is 12.1 Å². The second-order valence-corrected chi connectivity index (χ2v) is 7.22.